The van der Waals surface area contributed by atoms with Gasteiger partial charge in [-0.25, -0.2) is 9.59 Å². The Labute approximate surface area is 182 Å². The highest BCUT2D eigenvalue weighted by Crippen LogP contribution is 2.29. The van der Waals surface area contributed by atoms with E-state index >= 15 is 0 Å². The third-order valence-corrected chi connectivity index (χ3v) is 4.60. The zero-order valence-corrected chi connectivity index (χ0v) is 18.8. The molecular weight excluding hydrogens is 463 g/mol. The van der Waals surface area contributed by atoms with Crippen LogP contribution in [0.15, 0.2) is 17.1 Å². The molecule has 1 aromatic rings. The Kier molecular flexibility index (Phi) is 8.86. The highest BCUT2D eigenvalue weighted by atomic mass is 32.2. The maximum absolute atomic E-state index is 12.7. The second-order valence-electron chi connectivity index (χ2n) is 7.33. The van der Waals surface area contributed by atoms with E-state index in [9.17, 15) is 36.0 Å². The van der Waals surface area contributed by atoms with Gasteiger partial charge in [-0.1, -0.05) is 0 Å². The van der Waals surface area contributed by atoms with Gasteiger partial charge in [0.1, 0.15) is 17.2 Å². The molecule has 0 amide bonds. The number of esters is 2. The van der Waals surface area contributed by atoms with E-state index in [0.717, 1.165) is 0 Å². The quantitative estimate of drug-likeness (QED) is 0.292. The van der Waals surface area contributed by atoms with Crippen molar-refractivity contribution in [1.29, 1.82) is 0 Å². The van der Waals surface area contributed by atoms with Gasteiger partial charge < -0.3 is 23.0 Å². The van der Waals surface area contributed by atoms with Gasteiger partial charge in [0.2, 0.25) is 0 Å². The number of hydrogen-bond acceptors (Lipinski definition) is 9. The van der Waals surface area contributed by atoms with Gasteiger partial charge in [-0.2, -0.15) is 21.6 Å². The molecule has 0 aliphatic heterocycles. The SMILES string of the molecule is CCOC(=O)c1cn(C(CCOC)C(=O)OC(C)(C)C)c(=O)cc1OS(=O)(=O)C(F)(F)F. The molecule has 0 spiro atoms. The second kappa shape index (κ2) is 10.3. The van der Waals surface area contributed by atoms with Crippen molar-refractivity contribution < 1.29 is 49.6 Å². The fourth-order valence-corrected chi connectivity index (χ4v) is 2.81. The average molecular weight is 487 g/mol. The number of carbonyl (C=O) groups is 2. The summed E-state index contributed by atoms with van der Waals surface area (Å²) < 4.78 is 80.6. The van der Waals surface area contributed by atoms with Gasteiger partial charge in [-0.05, 0) is 27.7 Å². The topological polar surface area (TPSA) is 127 Å². The van der Waals surface area contributed by atoms with Crippen molar-refractivity contribution in [2.45, 2.75) is 51.3 Å². The van der Waals surface area contributed by atoms with Crippen LogP contribution in [0.4, 0.5) is 13.2 Å². The van der Waals surface area contributed by atoms with Crippen LogP contribution in [0.3, 0.4) is 0 Å². The molecule has 0 radical (unpaired) electrons. The van der Waals surface area contributed by atoms with Crippen LogP contribution >= 0.6 is 0 Å². The first-order chi connectivity index (χ1) is 14.5. The van der Waals surface area contributed by atoms with Crippen LogP contribution < -0.4 is 9.74 Å². The minimum absolute atomic E-state index is 0.0220. The van der Waals surface area contributed by atoms with Crippen LogP contribution in [-0.4, -0.2) is 56.4 Å². The van der Waals surface area contributed by atoms with Crippen LogP contribution in [0.25, 0.3) is 0 Å². The summed E-state index contributed by atoms with van der Waals surface area (Å²) in [5.74, 6) is -3.36. The maximum Gasteiger partial charge on any atom is 0.534 e. The second-order valence-corrected chi connectivity index (χ2v) is 8.87. The van der Waals surface area contributed by atoms with Gasteiger partial charge in [-0.15, -0.1) is 0 Å². The number of alkyl halides is 3. The van der Waals surface area contributed by atoms with E-state index < -0.39 is 56.1 Å². The Bertz CT molecular complexity index is 994. The first-order valence-corrected chi connectivity index (χ1v) is 10.6. The van der Waals surface area contributed by atoms with Crippen LogP contribution in [0.1, 0.15) is 50.5 Å². The van der Waals surface area contributed by atoms with Crippen LogP contribution in [0, 0.1) is 0 Å². The van der Waals surface area contributed by atoms with Crippen LogP contribution in [-0.2, 0) is 29.1 Å². The standard InChI is InChI=1S/C18H24F3NO9S/c1-6-29-15(24)11-10-22(12(7-8-28-5)16(25)30-17(2,3)4)14(23)9-13(11)31-32(26,27)18(19,20)21/h9-10,12H,6-8H2,1-5H3. The van der Waals surface area contributed by atoms with Crippen molar-refractivity contribution in [3.63, 3.8) is 0 Å². The predicted molar refractivity (Wildman–Crippen MR) is 104 cm³/mol. The van der Waals surface area contributed by atoms with Gasteiger partial charge in [0.25, 0.3) is 5.56 Å². The lowest BCUT2D eigenvalue weighted by Crippen LogP contribution is -2.36. The summed E-state index contributed by atoms with van der Waals surface area (Å²) in [5, 5.41) is 0. The third kappa shape index (κ3) is 7.22. The number of hydrogen-bond donors (Lipinski definition) is 0. The molecule has 1 aromatic heterocycles. The molecule has 1 atom stereocenters. The van der Waals surface area contributed by atoms with Crippen LogP contribution in [0.5, 0.6) is 5.75 Å². The normalized spacial score (nSPS) is 13.4. The zero-order chi connectivity index (χ0) is 24.9. The summed E-state index contributed by atoms with van der Waals surface area (Å²) in [7, 11) is -4.86. The molecule has 32 heavy (non-hydrogen) atoms. The predicted octanol–water partition coefficient (Wildman–Crippen LogP) is 2.17. The molecule has 1 heterocycles. The van der Waals surface area contributed by atoms with E-state index in [2.05, 4.69) is 4.18 Å². The van der Waals surface area contributed by atoms with E-state index in [-0.39, 0.29) is 19.6 Å². The summed E-state index contributed by atoms with van der Waals surface area (Å²) in [6.07, 6.45) is 0.584. The minimum atomic E-state index is -6.19. The Morgan fingerprint density at radius 3 is 2.25 bits per heavy atom. The lowest BCUT2D eigenvalue weighted by molar-refractivity contribution is -0.159. The van der Waals surface area contributed by atoms with Crippen molar-refractivity contribution in [1.82, 2.24) is 4.57 Å². The van der Waals surface area contributed by atoms with E-state index in [1.54, 1.807) is 20.8 Å². The fraction of sp³-hybridized carbons (Fsp3) is 0.611. The van der Waals surface area contributed by atoms with Gasteiger partial charge in [0, 0.05) is 32.4 Å². The number of nitrogens with zero attached hydrogens (tertiary/aromatic N) is 1. The van der Waals surface area contributed by atoms with Gasteiger partial charge in [0.15, 0.2) is 5.75 Å². The maximum atomic E-state index is 12.7. The summed E-state index contributed by atoms with van der Waals surface area (Å²) in [6.45, 7) is 5.87. The number of rotatable bonds is 9. The fourth-order valence-electron chi connectivity index (χ4n) is 2.34. The Morgan fingerprint density at radius 1 is 1.19 bits per heavy atom. The molecule has 0 aliphatic carbocycles. The summed E-state index contributed by atoms with van der Waals surface area (Å²) in [4.78, 5) is 37.5. The van der Waals surface area contributed by atoms with Crippen molar-refractivity contribution in [2.24, 2.45) is 0 Å². The van der Waals surface area contributed by atoms with Crippen LogP contribution in [0.2, 0.25) is 0 Å². The molecule has 14 heteroatoms. The van der Waals surface area contributed by atoms with Gasteiger partial charge >= 0.3 is 27.6 Å². The minimum Gasteiger partial charge on any atom is -0.462 e. The molecule has 0 saturated carbocycles. The van der Waals surface area contributed by atoms with Crippen molar-refractivity contribution >= 4 is 22.1 Å². The number of carbonyl (C=O) groups excluding carboxylic acids is 2. The molecule has 1 rings (SSSR count). The first kappa shape index (κ1) is 27.4. The number of ether oxygens (including phenoxy) is 3. The smallest absolute Gasteiger partial charge is 0.462 e. The van der Waals surface area contributed by atoms with Gasteiger partial charge in [-0.3, -0.25) is 4.79 Å². The molecule has 1 unspecified atom stereocenters. The summed E-state index contributed by atoms with van der Waals surface area (Å²) in [6, 6.07) is -0.997. The van der Waals surface area contributed by atoms with E-state index in [1.165, 1.54) is 14.0 Å². The number of aromatic nitrogens is 1. The van der Waals surface area contributed by atoms with Gasteiger partial charge in [0.05, 0.1) is 6.61 Å². The lowest BCUT2D eigenvalue weighted by Gasteiger charge is -2.25. The highest BCUT2D eigenvalue weighted by molar-refractivity contribution is 7.88. The molecular formula is C18H24F3NO9S. The van der Waals surface area contributed by atoms with E-state index in [1.807, 2.05) is 0 Å². The molecule has 0 N–H and O–H groups in total. The van der Waals surface area contributed by atoms with E-state index in [0.29, 0.717) is 16.8 Å². The molecule has 0 saturated heterocycles. The number of halogens is 3. The zero-order valence-electron chi connectivity index (χ0n) is 18.0. The molecule has 0 bridgehead atoms. The first-order valence-electron chi connectivity index (χ1n) is 9.20. The molecule has 10 nitrogen and oxygen atoms in total. The molecule has 0 fully saturated rings. The monoisotopic (exact) mass is 487 g/mol. The third-order valence-electron chi connectivity index (χ3n) is 3.63. The largest absolute Gasteiger partial charge is 0.534 e. The summed E-state index contributed by atoms with van der Waals surface area (Å²) >= 11 is 0. The number of methoxy groups -OCH3 is 1. The lowest BCUT2D eigenvalue weighted by atomic mass is 10.1. The Balaban J connectivity index is 3.65. The van der Waals surface area contributed by atoms with E-state index in [4.69, 9.17) is 14.2 Å². The van der Waals surface area contributed by atoms with Crippen molar-refractivity contribution in [2.75, 3.05) is 20.3 Å². The Morgan fingerprint density at radius 2 is 1.78 bits per heavy atom. The molecule has 0 aromatic carbocycles. The molecule has 182 valence electrons. The van der Waals surface area contributed by atoms with Crippen molar-refractivity contribution in [3.05, 3.63) is 28.2 Å². The average Bonchev–Trinajstić information content (AvgIpc) is 2.60. The number of pyridine rings is 1. The summed E-state index contributed by atoms with van der Waals surface area (Å²) in [5.41, 5.74) is -8.70. The molecule has 0 aliphatic rings. The van der Waals surface area contributed by atoms with Crippen molar-refractivity contribution in [3.8, 4) is 5.75 Å². The Hall–Kier alpha value is -2.61. The highest BCUT2D eigenvalue weighted by Gasteiger charge is 2.49.